The molecule has 2 nitrogen and oxygen atoms in total. The van der Waals surface area contributed by atoms with Crippen LogP contribution in [0.5, 0.6) is 0 Å². The number of hydrogen-bond acceptors (Lipinski definition) is 2. The van der Waals surface area contributed by atoms with Crippen LogP contribution in [-0.4, -0.2) is 17.5 Å². The standard InChI is InChI=1S/C8H14O2/c9-5-4-7-2-1-3-8(10)6-7/h7,9H,1-6H2/t7-/m0/s1. The van der Waals surface area contributed by atoms with Gasteiger partial charge in [0.05, 0.1) is 0 Å². The lowest BCUT2D eigenvalue weighted by molar-refractivity contribution is -0.121. The van der Waals surface area contributed by atoms with E-state index in [0.717, 1.165) is 25.7 Å². The van der Waals surface area contributed by atoms with Gasteiger partial charge in [-0.2, -0.15) is 0 Å². The lowest BCUT2D eigenvalue weighted by atomic mass is 9.86. The van der Waals surface area contributed by atoms with Crippen LogP contribution in [0.25, 0.3) is 0 Å². The fourth-order valence-corrected chi connectivity index (χ4v) is 1.54. The normalized spacial score (nSPS) is 26.9. The van der Waals surface area contributed by atoms with Gasteiger partial charge in [-0.25, -0.2) is 0 Å². The van der Waals surface area contributed by atoms with Gasteiger partial charge in [0.25, 0.3) is 0 Å². The first-order valence-corrected chi connectivity index (χ1v) is 3.95. The van der Waals surface area contributed by atoms with Crippen LogP contribution in [0.3, 0.4) is 0 Å². The molecule has 1 rings (SSSR count). The highest BCUT2D eigenvalue weighted by Gasteiger charge is 2.18. The Balaban J connectivity index is 2.25. The number of aliphatic hydroxyl groups excluding tert-OH is 1. The molecule has 0 bridgehead atoms. The summed E-state index contributed by atoms with van der Waals surface area (Å²) in [6.07, 6.45) is 4.45. The van der Waals surface area contributed by atoms with Crippen LogP contribution in [0.1, 0.15) is 32.1 Å². The Morgan fingerprint density at radius 3 is 3.00 bits per heavy atom. The molecule has 1 aliphatic carbocycles. The Bertz CT molecular complexity index is 118. The highest BCUT2D eigenvalue weighted by Crippen LogP contribution is 2.23. The molecule has 0 saturated heterocycles. The van der Waals surface area contributed by atoms with Crippen LogP contribution in [-0.2, 0) is 4.79 Å². The van der Waals surface area contributed by atoms with Crippen LogP contribution < -0.4 is 0 Å². The van der Waals surface area contributed by atoms with Crippen molar-refractivity contribution in [3.8, 4) is 0 Å². The SMILES string of the molecule is O=C1CCC[C@@H](CCO)C1. The average Bonchev–Trinajstić information content (AvgIpc) is 1.88. The minimum Gasteiger partial charge on any atom is -0.396 e. The van der Waals surface area contributed by atoms with E-state index in [1.165, 1.54) is 0 Å². The molecule has 0 aliphatic heterocycles. The van der Waals surface area contributed by atoms with Crippen LogP contribution in [0.2, 0.25) is 0 Å². The number of rotatable bonds is 2. The number of hydrogen-bond donors (Lipinski definition) is 1. The molecule has 58 valence electrons. The van der Waals surface area contributed by atoms with Gasteiger partial charge in [0.1, 0.15) is 5.78 Å². The van der Waals surface area contributed by atoms with Gasteiger partial charge in [-0.15, -0.1) is 0 Å². The molecule has 1 atom stereocenters. The molecule has 0 unspecified atom stereocenters. The molecule has 2 heteroatoms. The summed E-state index contributed by atoms with van der Waals surface area (Å²) < 4.78 is 0. The highest BCUT2D eigenvalue weighted by atomic mass is 16.3. The fourth-order valence-electron chi connectivity index (χ4n) is 1.54. The molecule has 0 amide bonds. The van der Waals surface area contributed by atoms with Crippen molar-refractivity contribution in [3.63, 3.8) is 0 Å². The molecular weight excluding hydrogens is 128 g/mol. The molecular formula is C8H14O2. The molecule has 10 heavy (non-hydrogen) atoms. The van der Waals surface area contributed by atoms with E-state index in [-0.39, 0.29) is 6.61 Å². The molecule has 1 fully saturated rings. The van der Waals surface area contributed by atoms with Gasteiger partial charge in [-0.3, -0.25) is 4.79 Å². The van der Waals surface area contributed by atoms with Gasteiger partial charge < -0.3 is 5.11 Å². The maximum atomic E-state index is 10.9. The third kappa shape index (κ3) is 2.10. The Labute approximate surface area is 61.2 Å². The van der Waals surface area contributed by atoms with Crippen LogP contribution in [0.15, 0.2) is 0 Å². The summed E-state index contributed by atoms with van der Waals surface area (Å²) in [5.41, 5.74) is 0. The van der Waals surface area contributed by atoms with Gasteiger partial charge in [0, 0.05) is 19.4 Å². The Hall–Kier alpha value is -0.370. The fraction of sp³-hybridized carbons (Fsp3) is 0.875. The van der Waals surface area contributed by atoms with Gasteiger partial charge >= 0.3 is 0 Å². The van der Waals surface area contributed by atoms with E-state index in [9.17, 15) is 4.79 Å². The molecule has 0 heterocycles. The summed E-state index contributed by atoms with van der Waals surface area (Å²) >= 11 is 0. The van der Waals surface area contributed by atoms with E-state index in [1.54, 1.807) is 0 Å². The summed E-state index contributed by atoms with van der Waals surface area (Å²) in [5, 5.41) is 8.59. The number of ketones is 1. The predicted octanol–water partition coefficient (Wildman–Crippen LogP) is 1.13. The second-order valence-corrected chi connectivity index (χ2v) is 3.01. The smallest absolute Gasteiger partial charge is 0.133 e. The van der Waals surface area contributed by atoms with E-state index >= 15 is 0 Å². The van der Waals surface area contributed by atoms with Crippen LogP contribution in [0.4, 0.5) is 0 Å². The quantitative estimate of drug-likeness (QED) is 0.627. The third-order valence-electron chi connectivity index (χ3n) is 2.12. The van der Waals surface area contributed by atoms with E-state index in [1.807, 2.05) is 0 Å². The van der Waals surface area contributed by atoms with Crippen molar-refractivity contribution in [1.29, 1.82) is 0 Å². The van der Waals surface area contributed by atoms with Crippen molar-refractivity contribution in [1.82, 2.24) is 0 Å². The topological polar surface area (TPSA) is 37.3 Å². The van der Waals surface area contributed by atoms with Crippen LogP contribution in [0, 0.1) is 5.92 Å². The minimum absolute atomic E-state index is 0.234. The van der Waals surface area contributed by atoms with E-state index in [2.05, 4.69) is 0 Å². The zero-order valence-electron chi connectivity index (χ0n) is 6.18. The molecule has 0 aromatic rings. The molecule has 1 aliphatic rings. The second kappa shape index (κ2) is 3.71. The zero-order valence-corrected chi connectivity index (χ0v) is 6.18. The van der Waals surface area contributed by atoms with E-state index in [0.29, 0.717) is 18.1 Å². The largest absolute Gasteiger partial charge is 0.396 e. The van der Waals surface area contributed by atoms with Crippen molar-refractivity contribution in [2.24, 2.45) is 5.92 Å². The lowest BCUT2D eigenvalue weighted by Crippen LogP contribution is -2.15. The van der Waals surface area contributed by atoms with Crippen molar-refractivity contribution in [2.45, 2.75) is 32.1 Å². The summed E-state index contributed by atoms with van der Waals surface area (Å²) in [7, 11) is 0. The summed E-state index contributed by atoms with van der Waals surface area (Å²) in [6.45, 7) is 0.234. The molecule has 0 radical (unpaired) electrons. The number of Topliss-reactive ketones (excluding diaryl/α,β-unsaturated/α-hetero) is 1. The molecule has 0 spiro atoms. The van der Waals surface area contributed by atoms with Crippen molar-refractivity contribution in [2.75, 3.05) is 6.61 Å². The van der Waals surface area contributed by atoms with Gasteiger partial charge in [-0.05, 0) is 25.2 Å². The highest BCUT2D eigenvalue weighted by molar-refractivity contribution is 5.79. The van der Waals surface area contributed by atoms with Crippen molar-refractivity contribution < 1.29 is 9.90 Å². The maximum Gasteiger partial charge on any atom is 0.133 e. The number of carbonyl (C=O) groups is 1. The van der Waals surface area contributed by atoms with E-state index in [4.69, 9.17) is 5.11 Å². The first-order valence-electron chi connectivity index (χ1n) is 3.95. The zero-order chi connectivity index (χ0) is 7.40. The lowest BCUT2D eigenvalue weighted by Gasteiger charge is -2.19. The summed E-state index contributed by atoms with van der Waals surface area (Å²) in [4.78, 5) is 10.9. The molecule has 0 aromatic heterocycles. The first-order chi connectivity index (χ1) is 4.83. The average molecular weight is 142 g/mol. The Morgan fingerprint density at radius 2 is 2.40 bits per heavy atom. The third-order valence-corrected chi connectivity index (χ3v) is 2.12. The van der Waals surface area contributed by atoms with Gasteiger partial charge in [0.15, 0.2) is 0 Å². The molecule has 1 N–H and O–H groups in total. The number of carbonyl (C=O) groups excluding carboxylic acids is 1. The number of aliphatic hydroxyl groups is 1. The Kier molecular flexibility index (Phi) is 2.87. The maximum absolute atomic E-state index is 10.9. The van der Waals surface area contributed by atoms with E-state index < -0.39 is 0 Å². The van der Waals surface area contributed by atoms with Crippen molar-refractivity contribution in [3.05, 3.63) is 0 Å². The van der Waals surface area contributed by atoms with Gasteiger partial charge in [0.2, 0.25) is 0 Å². The van der Waals surface area contributed by atoms with Crippen LogP contribution >= 0.6 is 0 Å². The Morgan fingerprint density at radius 1 is 1.60 bits per heavy atom. The van der Waals surface area contributed by atoms with Gasteiger partial charge in [-0.1, -0.05) is 0 Å². The molecule has 0 aromatic carbocycles. The predicted molar refractivity (Wildman–Crippen MR) is 38.7 cm³/mol. The minimum atomic E-state index is 0.234. The van der Waals surface area contributed by atoms with Crippen molar-refractivity contribution >= 4 is 5.78 Å². The first kappa shape index (κ1) is 7.73. The summed E-state index contributed by atoms with van der Waals surface area (Å²) in [5.74, 6) is 0.857. The second-order valence-electron chi connectivity index (χ2n) is 3.01. The molecule has 1 saturated carbocycles. The monoisotopic (exact) mass is 142 g/mol. The summed E-state index contributed by atoms with van der Waals surface area (Å²) in [6, 6.07) is 0.